The number of nitrogens with one attached hydrogen (secondary N) is 2. The summed E-state index contributed by atoms with van der Waals surface area (Å²) in [5, 5.41) is 13.7. The molecule has 0 unspecified atom stereocenters. The second-order valence-electron chi connectivity index (χ2n) is 6.19. The van der Waals surface area contributed by atoms with Crippen molar-refractivity contribution in [3.63, 3.8) is 0 Å². The van der Waals surface area contributed by atoms with Crippen molar-refractivity contribution in [2.24, 2.45) is 0 Å². The first kappa shape index (κ1) is 15.5. The third-order valence-corrected chi connectivity index (χ3v) is 4.53. The number of rotatable bonds is 5. The predicted octanol–water partition coefficient (Wildman–Crippen LogP) is 2.53. The van der Waals surface area contributed by atoms with Crippen molar-refractivity contribution in [1.29, 1.82) is 0 Å². The van der Waals surface area contributed by atoms with Crippen LogP contribution in [0.15, 0.2) is 36.5 Å². The van der Waals surface area contributed by atoms with Gasteiger partial charge in [0.15, 0.2) is 0 Å². The van der Waals surface area contributed by atoms with E-state index in [1.807, 2.05) is 11.0 Å². The van der Waals surface area contributed by atoms with E-state index >= 15 is 0 Å². The number of hydrogen-bond acceptors (Lipinski definition) is 4. The fourth-order valence-corrected chi connectivity index (χ4v) is 2.99. The van der Waals surface area contributed by atoms with E-state index in [1.165, 1.54) is 12.1 Å². The summed E-state index contributed by atoms with van der Waals surface area (Å²) in [6.45, 7) is 0.393. The van der Waals surface area contributed by atoms with Crippen LogP contribution in [0.25, 0.3) is 11.5 Å². The molecule has 0 atom stereocenters. The molecule has 128 valence electrons. The number of halogens is 1. The van der Waals surface area contributed by atoms with E-state index < -0.39 is 0 Å². The molecular formula is C17H17FN6O. The Hall–Kier alpha value is -3.03. The number of H-pyrrole nitrogens is 2. The van der Waals surface area contributed by atoms with Gasteiger partial charge in [-0.3, -0.25) is 4.79 Å². The van der Waals surface area contributed by atoms with Crippen LogP contribution in [0.1, 0.15) is 35.2 Å². The van der Waals surface area contributed by atoms with Gasteiger partial charge in [-0.1, -0.05) is 12.1 Å². The molecule has 2 aromatic heterocycles. The zero-order valence-corrected chi connectivity index (χ0v) is 13.4. The molecule has 8 heteroatoms. The molecule has 0 spiro atoms. The summed E-state index contributed by atoms with van der Waals surface area (Å²) in [7, 11) is 0. The number of amides is 1. The maximum Gasteiger partial charge on any atom is 0.255 e. The number of aromatic nitrogens is 5. The van der Waals surface area contributed by atoms with Crippen molar-refractivity contribution in [2.45, 2.75) is 31.8 Å². The number of carbonyl (C=O) groups excluding carboxylic acids is 1. The minimum atomic E-state index is -0.292. The monoisotopic (exact) mass is 340 g/mol. The molecule has 0 saturated heterocycles. The number of tetrazole rings is 1. The highest BCUT2D eigenvalue weighted by Crippen LogP contribution is 2.28. The highest BCUT2D eigenvalue weighted by atomic mass is 19.1. The topological polar surface area (TPSA) is 90.6 Å². The Bertz CT molecular complexity index is 871. The van der Waals surface area contributed by atoms with Crippen LogP contribution < -0.4 is 0 Å². The van der Waals surface area contributed by atoms with Gasteiger partial charge >= 0.3 is 0 Å². The van der Waals surface area contributed by atoms with Crippen LogP contribution in [0, 0.1) is 5.82 Å². The van der Waals surface area contributed by atoms with Gasteiger partial charge in [0.2, 0.25) is 5.82 Å². The number of hydrogen-bond donors (Lipinski definition) is 2. The lowest BCUT2D eigenvalue weighted by atomic mass is 9.90. The third-order valence-electron chi connectivity index (χ3n) is 4.53. The van der Waals surface area contributed by atoms with Gasteiger partial charge in [-0.2, -0.15) is 5.21 Å². The summed E-state index contributed by atoms with van der Waals surface area (Å²) in [6, 6.07) is 8.29. The normalized spacial score (nSPS) is 14.3. The Morgan fingerprint density at radius 2 is 2.20 bits per heavy atom. The number of benzene rings is 1. The Kier molecular flexibility index (Phi) is 4.01. The standard InChI is InChI=1S/C17H17FN6O/c18-13-4-1-3-11(7-13)10-24(14-5-2-6-14)17(25)12-8-15(19-9-12)16-20-22-23-21-16/h1,3-4,7-9,14,19H,2,5-6,10H2,(H,20,21,22,23). The van der Waals surface area contributed by atoms with Gasteiger partial charge in [0.25, 0.3) is 5.91 Å². The summed E-state index contributed by atoms with van der Waals surface area (Å²) in [4.78, 5) is 17.8. The predicted molar refractivity (Wildman–Crippen MR) is 87.9 cm³/mol. The van der Waals surface area contributed by atoms with E-state index in [9.17, 15) is 9.18 Å². The van der Waals surface area contributed by atoms with E-state index in [4.69, 9.17) is 0 Å². The number of nitrogens with zero attached hydrogens (tertiary/aromatic N) is 4. The minimum absolute atomic E-state index is 0.0834. The van der Waals surface area contributed by atoms with Crippen LogP contribution in [0.3, 0.4) is 0 Å². The molecule has 1 fully saturated rings. The molecule has 1 saturated carbocycles. The van der Waals surface area contributed by atoms with E-state index in [-0.39, 0.29) is 17.8 Å². The molecule has 1 amide bonds. The second-order valence-corrected chi connectivity index (χ2v) is 6.19. The van der Waals surface area contributed by atoms with Gasteiger partial charge in [0.05, 0.1) is 11.3 Å². The SMILES string of the molecule is O=C(c1c[nH]c(-c2nn[nH]n2)c1)N(Cc1cccc(F)c1)C1CCC1. The average Bonchev–Trinajstić information content (AvgIpc) is 3.23. The molecule has 2 heterocycles. The maximum atomic E-state index is 13.5. The third kappa shape index (κ3) is 3.15. The van der Waals surface area contributed by atoms with Crippen LogP contribution in [-0.2, 0) is 6.54 Å². The first-order valence-electron chi connectivity index (χ1n) is 8.18. The van der Waals surface area contributed by atoms with Gasteiger partial charge in [-0.15, -0.1) is 10.2 Å². The van der Waals surface area contributed by atoms with Gasteiger partial charge < -0.3 is 9.88 Å². The van der Waals surface area contributed by atoms with E-state index in [1.54, 1.807) is 18.3 Å². The molecule has 25 heavy (non-hydrogen) atoms. The molecule has 1 aliphatic rings. The highest BCUT2D eigenvalue weighted by Gasteiger charge is 2.30. The van der Waals surface area contributed by atoms with Gasteiger partial charge in [-0.25, -0.2) is 4.39 Å². The maximum absolute atomic E-state index is 13.5. The summed E-state index contributed by atoms with van der Waals surface area (Å²) in [5.41, 5.74) is 1.94. The molecule has 4 rings (SSSR count). The molecule has 7 nitrogen and oxygen atoms in total. The van der Waals surface area contributed by atoms with Crippen LogP contribution in [0.2, 0.25) is 0 Å². The van der Waals surface area contributed by atoms with Crippen LogP contribution in [-0.4, -0.2) is 42.5 Å². The quantitative estimate of drug-likeness (QED) is 0.747. The lowest BCUT2D eigenvalue weighted by Gasteiger charge is -2.37. The fraction of sp³-hybridized carbons (Fsp3) is 0.294. The number of aromatic amines is 2. The lowest BCUT2D eigenvalue weighted by molar-refractivity contribution is 0.0556. The first-order chi connectivity index (χ1) is 12.2. The molecule has 1 aliphatic carbocycles. The molecule has 3 aromatic rings. The smallest absolute Gasteiger partial charge is 0.255 e. The minimum Gasteiger partial charge on any atom is -0.358 e. The summed E-state index contributed by atoms with van der Waals surface area (Å²) in [5.74, 6) is 0.0267. The Morgan fingerprint density at radius 3 is 2.88 bits per heavy atom. The van der Waals surface area contributed by atoms with Crippen molar-refractivity contribution in [3.8, 4) is 11.5 Å². The average molecular weight is 340 g/mol. The van der Waals surface area contributed by atoms with Gasteiger partial charge in [-0.05, 0) is 48.2 Å². The van der Waals surface area contributed by atoms with Crippen molar-refractivity contribution in [2.75, 3.05) is 0 Å². The van der Waals surface area contributed by atoms with Crippen LogP contribution in [0.4, 0.5) is 4.39 Å². The Labute approximate surface area is 143 Å². The molecular weight excluding hydrogens is 323 g/mol. The van der Waals surface area contributed by atoms with Crippen molar-refractivity contribution in [3.05, 3.63) is 53.5 Å². The number of carbonyl (C=O) groups is 1. The Balaban J connectivity index is 1.57. The van der Waals surface area contributed by atoms with Crippen LogP contribution >= 0.6 is 0 Å². The zero-order valence-electron chi connectivity index (χ0n) is 13.4. The summed E-state index contributed by atoms with van der Waals surface area (Å²) >= 11 is 0. The van der Waals surface area contributed by atoms with E-state index in [0.29, 0.717) is 23.6 Å². The second kappa shape index (κ2) is 6.46. The summed E-state index contributed by atoms with van der Waals surface area (Å²) in [6.07, 6.45) is 4.70. The first-order valence-corrected chi connectivity index (χ1v) is 8.18. The summed E-state index contributed by atoms with van der Waals surface area (Å²) < 4.78 is 13.5. The molecule has 2 N–H and O–H groups in total. The largest absolute Gasteiger partial charge is 0.358 e. The van der Waals surface area contributed by atoms with Crippen molar-refractivity contribution < 1.29 is 9.18 Å². The highest BCUT2D eigenvalue weighted by molar-refractivity contribution is 5.95. The van der Waals surface area contributed by atoms with Crippen molar-refractivity contribution >= 4 is 5.91 Å². The molecule has 0 radical (unpaired) electrons. The van der Waals surface area contributed by atoms with Crippen molar-refractivity contribution in [1.82, 2.24) is 30.5 Å². The fourth-order valence-electron chi connectivity index (χ4n) is 2.99. The zero-order chi connectivity index (χ0) is 17.2. The lowest BCUT2D eigenvalue weighted by Crippen LogP contribution is -2.43. The van der Waals surface area contributed by atoms with Gasteiger partial charge in [0.1, 0.15) is 5.82 Å². The van der Waals surface area contributed by atoms with Gasteiger partial charge in [0, 0.05) is 18.8 Å². The van der Waals surface area contributed by atoms with E-state index in [2.05, 4.69) is 25.6 Å². The van der Waals surface area contributed by atoms with Crippen LogP contribution in [0.5, 0.6) is 0 Å². The molecule has 0 aliphatic heterocycles. The van der Waals surface area contributed by atoms with E-state index in [0.717, 1.165) is 24.8 Å². The Morgan fingerprint density at radius 1 is 1.32 bits per heavy atom. The molecule has 0 bridgehead atoms. The molecule has 1 aromatic carbocycles.